The topological polar surface area (TPSA) is 36.4 Å². The zero-order chi connectivity index (χ0) is 13.5. The number of nitrogens with zero attached hydrogens (tertiary/aromatic N) is 1. The van der Waals surface area contributed by atoms with Crippen LogP contribution >= 0.6 is 23.8 Å². The van der Waals surface area contributed by atoms with Gasteiger partial charge in [-0.05, 0) is 36.0 Å². The van der Waals surface area contributed by atoms with Crippen LogP contribution in [0.4, 0.5) is 5.69 Å². The summed E-state index contributed by atoms with van der Waals surface area (Å²) in [6.45, 7) is 0. The van der Waals surface area contributed by atoms with E-state index in [1.807, 2.05) is 42.5 Å². The molecule has 2 aromatic carbocycles. The van der Waals surface area contributed by atoms with Crippen LogP contribution in [0, 0.1) is 0 Å². The highest BCUT2D eigenvalue weighted by atomic mass is 35.5. The predicted octanol–water partition coefficient (Wildman–Crippen LogP) is 3.66. The molecule has 0 aliphatic carbocycles. The highest BCUT2D eigenvalue weighted by Gasteiger charge is 1.96. The maximum Gasteiger partial charge on any atom is 0.191 e. The molecule has 2 rings (SSSR count). The number of nitrogens with one attached hydrogen (secondary N) is 2. The van der Waals surface area contributed by atoms with Crippen LogP contribution in [0.15, 0.2) is 59.7 Å². The molecule has 5 heteroatoms. The fourth-order valence-corrected chi connectivity index (χ4v) is 1.79. The van der Waals surface area contributed by atoms with Crippen LogP contribution in [0.5, 0.6) is 0 Å². The van der Waals surface area contributed by atoms with E-state index in [4.69, 9.17) is 23.8 Å². The number of anilines is 1. The predicted molar refractivity (Wildman–Crippen MR) is 84.8 cm³/mol. The van der Waals surface area contributed by atoms with Crippen molar-refractivity contribution in [3.05, 3.63) is 65.2 Å². The van der Waals surface area contributed by atoms with Crippen molar-refractivity contribution in [2.24, 2.45) is 5.10 Å². The fraction of sp³-hybridized carbons (Fsp3) is 0. The molecule has 0 aliphatic heterocycles. The monoisotopic (exact) mass is 289 g/mol. The molecule has 19 heavy (non-hydrogen) atoms. The quantitative estimate of drug-likeness (QED) is 0.514. The molecule has 0 saturated carbocycles. The van der Waals surface area contributed by atoms with Gasteiger partial charge in [-0.25, -0.2) is 0 Å². The molecule has 0 amide bonds. The Morgan fingerprint density at radius 3 is 2.63 bits per heavy atom. The van der Waals surface area contributed by atoms with E-state index in [9.17, 15) is 0 Å². The van der Waals surface area contributed by atoms with E-state index in [1.54, 1.807) is 18.3 Å². The van der Waals surface area contributed by atoms with E-state index < -0.39 is 0 Å². The molecule has 0 aliphatic rings. The van der Waals surface area contributed by atoms with Gasteiger partial charge in [-0.3, -0.25) is 5.43 Å². The lowest BCUT2D eigenvalue weighted by Crippen LogP contribution is -2.23. The van der Waals surface area contributed by atoms with Crippen LogP contribution in [0.25, 0.3) is 0 Å². The van der Waals surface area contributed by atoms with Crippen molar-refractivity contribution >= 4 is 40.8 Å². The smallest absolute Gasteiger partial charge is 0.191 e. The molecule has 0 spiro atoms. The number of hydrogen-bond acceptors (Lipinski definition) is 2. The molecule has 0 aromatic heterocycles. The average Bonchev–Trinajstić information content (AvgIpc) is 2.40. The molecule has 0 radical (unpaired) electrons. The van der Waals surface area contributed by atoms with Crippen molar-refractivity contribution in [2.75, 3.05) is 5.32 Å². The summed E-state index contributed by atoms with van der Waals surface area (Å²) >= 11 is 11.0. The standard InChI is InChI=1S/C14H12ClN3S/c15-12-7-4-8-13(9-12)17-14(19)18-16-10-11-5-2-1-3-6-11/h1-10H,(H2,17,18,19). The highest BCUT2D eigenvalue weighted by molar-refractivity contribution is 7.80. The first kappa shape index (κ1) is 13.5. The zero-order valence-electron chi connectivity index (χ0n) is 10.0. The Morgan fingerprint density at radius 2 is 1.89 bits per heavy atom. The Morgan fingerprint density at radius 1 is 1.11 bits per heavy atom. The molecule has 96 valence electrons. The van der Waals surface area contributed by atoms with E-state index in [0.29, 0.717) is 10.1 Å². The van der Waals surface area contributed by atoms with Crippen LogP contribution in [-0.4, -0.2) is 11.3 Å². The van der Waals surface area contributed by atoms with Crippen molar-refractivity contribution in [1.29, 1.82) is 0 Å². The molecule has 0 fully saturated rings. The normalized spacial score (nSPS) is 10.4. The second-order valence-corrected chi connectivity index (χ2v) is 4.59. The van der Waals surface area contributed by atoms with Gasteiger partial charge in [-0.2, -0.15) is 5.10 Å². The summed E-state index contributed by atoms with van der Waals surface area (Å²) in [6.07, 6.45) is 1.70. The Hall–Kier alpha value is -1.91. The molecule has 0 bridgehead atoms. The summed E-state index contributed by atoms with van der Waals surface area (Å²) in [7, 11) is 0. The van der Waals surface area contributed by atoms with Gasteiger partial charge in [0.15, 0.2) is 5.11 Å². The van der Waals surface area contributed by atoms with Crippen LogP contribution < -0.4 is 10.7 Å². The lowest BCUT2D eigenvalue weighted by atomic mass is 10.2. The summed E-state index contributed by atoms with van der Waals surface area (Å²) in [5.74, 6) is 0. The van der Waals surface area contributed by atoms with E-state index in [2.05, 4.69) is 15.8 Å². The summed E-state index contributed by atoms with van der Waals surface area (Å²) in [5.41, 5.74) is 4.57. The van der Waals surface area contributed by atoms with Crippen molar-refractivity contribution < 1.29 is 0 Å². The second kappa shape index (κ2) is 6.87. The SMILES string of the molecule is S=C(NN=Cc1ccccc1)Nc1cccc(Cl)c1. The third-order valence-electron chi connectivity index (χ3n) is 2.26. The lowest BCUT2D eigenvalue weighted by molar-refractivity contribution is 1.05. The van der Waals surface area contributed by atoms with Gasteiger partial charge in [0.2, 0.25) is 0 Å². The van der Waals surface area contributed by atoms with Gasteiger partial charge in [-0.1, -0.05) is 48.0 Å². The number of hydrazone groups is 1. The van der Waals surface area contributed by atoms with E-state index in [1.165, 1.54) is 0 Å². The van der Waals surface area contributed by atoms with E-state index >= 15 is 0 Å². The number of benzene rings is 2. The van der Waals surface area contributed by atoms with Crippen LogP contribution in [-0.2, 0) is 0 Å². The van der Waals surface area contributed by atoms with E-state index in [-0.39, 0.29) is 0 Å². The van der Waals surface area contributed by atoms with Crippen LogP contribution in [0.1, 0.15) is 5.56 Å². The fourth-order valence-electron chi connectivity index (χ4n) is 1.43. The van der Waals surface area contributed by atoms with Crippen molar-refractivity contribution in [3.63, 3.8) is 0 Å². The number of hydrogen-bond donors (Lipinski definition) is 2. The van der Waals surface area contributed by atoms with Gasteiger partial charge >= 0.3 is 0 Å². The first-order valence-corrected chi connectivity index (χ1v) is 6.43. The van der Waals surface area contributed by atoms with E-state index in [0.717, 1.165) is 11.3 Å². The maximum atomic E-state index is 5.88. The number of thiocarbonyl (C=S) groups is 1. The Balaban J connectivity index is 1.87. The molecular weight excluding hydrogens is 278 g/mol. The van der Waals surface area contributed by atoms with Gasteiger partial charge in [-0.15, -0.1) is 0 Å². The van der Waals surface area contributed by atoms with Gasteiger partial charge < -0.3 is 5.32 Å². The van der Waals surface area contributed by atoms with Crippen LogP contribution in [0.3, 0.4) is 0 Å². The lowest BCUT2D eigenvalue weighted by Gasteiger charge is -2.06. The average molecular weight is 290 g/mol. The summed E-state index contributed by atoms with van der Waals surface area (Å²) in [4.78, 5) is 0. The molecule has 3 nitrogen and oxygen atoms in total. The number of halogens is 1. The molecule has 0 atom stereocenters. The zero-order valence-corrected chi connectivity index (χ0v) is 11.6. The first-order valence-electron chi connectivity index (χ1n) is 5.65. The van der Waals surface area contributed by atoms with Crippen LogP contribution in [0.2, 0.25) is 5.02 Å². The third-order valence-corrected chi connectivity index (χ3v) is 2.69. The molecule has 2 aromatic rings. The molecular formula is C14H12ClN3S. The minimum absolute atomic E-state index is 0.412. The Bertz CT molecular complexity index is 584. The third kappa shape index (κ3) is 4.69. The highest BCUT2D eigenvalue weighted by Crippen LogP contribution is 2.14. The maximum absolute atomic E-state index is 5.88. The largest absolute Gasteiger partial charge is 0.331 e. The van der Waals surface area contributed by atoms with Crippen molar-refractivity contribution in [2.45, 2.75) is 0 Å². The summed E-state index contributed by atoms with van der Waals surface area (Å²) in [5, 5.41) is 8.10. The molecule has 2 N–H and O–H groups in total. The Kier molecular flexibility index (Phi) is 4.89. The molecule has 0 heterocycles. The minimum atomic E-state index is 0.412. The number of rotatable bonds is 3. The first-order chi connectivity index (χ1) is 9.24. The summed E-state index contributed by atoms with van der Waals surface area (Å²) < 4.78 is 0. The van der Waals surface area contributed by atoms with Gasteiger partial charge in [0, 0.05) is 10.7 Å². The van der Waals surface area contributed by atoms with Crippen molar-refractivity contribution in [1.82, 2.24) is 5.43 Å². The van der Waals surface area contributed by atoms with Gasteiger partial charge in [0.25, 0.3) is 0 Å². The minimum Gasteiger partial charge on any atom is -0.331 e. The van der Waals surface area contributed by atoms with Crippen molar-refractivity contribution in [3.8, 4) is 0 Å². The molecule has 0 unspecified atom stereocenters. The summed E-state index contributed by atoms with van der Waals surface area (Å²) in [6, 6.07) is 17.1. The molecule has 0 saturated heterocycles. The van der Waals surface area contributed by atoms with Gasteiger partial charge in [0.1, 0.15) is 0 Å². The Labute approximate surface area is 122 Å². The van der Waals surface area contributed by atoms with Gasteiger partial charge in [0.05, 0.1) is 6.21 Å². The second-order valence-electron chi connectivity index (χ2n) is 3.75.